The number of nitrogens with one attached hydrogen (secondary N) is 2. The van der Waals surface area contributed by atoms with Crippen molar-refractivity contribution < 1.29 is 4.79 Å². The van der Waals surface area contributed by atoms with Crippen LogP contribution < -0.4 is 5.32 Å². The largest absolute Gasteiger partial charge is 0.356 e. The third-order valence-corrected chi connectivity index (χ3v) is 5.52. The maximum atomic E-state index is 12.0. The van der Waals surface area contributed by atoms with E-state index in [2.05, 4.69) is 46.5 Å². The van der Waals surface area contributed by atoms with Gasteiger partial charge in [-0.1, -0.05) is 56.9 Å². The fourth-order valence-corrected chi connectivity index (χ4v) is 3.83. The zero-order chi connectivity index (χ0) is 20.1. The average Bonchev–Trinajstić information content (AvgIpc) is 3.20. The smallest absolute Gasteiger partial charge is 0.253 e. The third-order valence-electron chi connectivity index (χ3n) is 5.52. The van der Waals surface area contributed by atoms with Crippen LogP contribution >= 0.6 is 0 Å². The summed E-state index contributed by atoms with van der Waals surface area (Å²) in [7, 11) is 0. The lowest BCUT2D eigenvalue weighted by atomic mass is 10.0. The van der Waals surface area contributed by atoms with E-state index >= 15 is 0 Å². The summed E-state index contributed by atoms with van der Waals surface area (Å²) in [5.74, 6) is 0.683. The molecule has 0 saturated heterocycles. The predicted octanol–water partition coefficient (Wildman–Crippen LogP) is 4.94. The molecule has 1 aliphatic rings. The van der Waals surface area contributed by atoms with Crippen molar-refractivity contribution in [1.29, 1.82) is 0 Å². The number of aryl methyl sites for hydroxylation is 1. The molecule has 5 heteroatoms. The lowest BCUT2D eigenvalue weighted by Crippen LogP contribution is -2.31. The van der Waals surface area contributed by atoms with Gasteiger partial charge in [0, 0.05) is 30.4 Å². The summed E-state index contributed by atoms with van der Waals surface area (Å²) in [6.45, 7) is 2.92. The molecule has 0 spiro atoms. The van der Waals surface area contributed by atoms with Gasteiger partial charge < -0.3 is 10.3 Å². The Morgan fingerprint density at radius 2 is 1.86 bits per heavy atom. The van der Waals surface area contributed by atoms with Crippen LogP contribution in [0.15, 0.2) is 42.6 Å². The van der Waals surface area contributed by atoms with Gasteiger partial charge in [0.15, 0.2) is 5.82 Å². The Labute approximate surface area is 172 Å². The molecule has 150 valence electrons. The minimum Gasteiger partial charge on any atom is -0.356 e. The summed E-state index contributed by atoms with van der Waals surface area (Å²) in [6.07, 6.45) is 10.2. The first-order valence-electron chi connectivity index (χ1n) is 10.7. The zero-order valence-electron chi connectivity index (χ0n) is 17.0. The van der Waals surface area contributed by atoms with Crippen LogP contribution in [0.4, 0.5) is 0 Å². The molecule has 0 aliphatic carbocycles. The van der Waals surface area contributed by atoms with Gasteiger partial charge >= 0.3 is 0 Å². The number of aromatic amines is 1. The SMILES string of the molecule is CCCCCCCc1ccc(-c2nccc(-c3cc4c([nH]3)CCNC4=O)n2)cc1. The molecule has 0 bridgehead atoms. The molecule has 0 fully saturated rings. The van der Waals surface area contributed by atoms with Gasteiger partial charge in [-0.3, -0.25) is 4.79 Å². The molecule has 4 rings (SSSR count). The van der Waals surface area contributed by atoms with Crippen molar-refractivity contribution in [2.24, 2.45) is 0 Å². The van der Waals surface area contributed by atoms with Crippen LogP contribution in [-0.4, -0.2) is 27.4 Å². The van der Waals surface area contributed by atoms with Gasteiger partial charge in [0.05, 0.1) is 17.0 Å². The number of nitrogens with zero attached hydrogens (tertiary/aromatic N) is 2. The van der Waals surface area contributed by atoms with E-state index in [-0.39, 0.29) is 5.91 Å². The van der Waals surface area contributed by atoms with E-state index in [0.717, 1.165) is 41.1 Å². The van der Waals surface area contributed by atoms with Gasteiger partial charge in [0.1, 0.15) is 0 Å². The molecule has 0 unspecified atom stereocenters. The van der Waals surface area contributed by atoms with Gasteiger partial charge in [-0.15, -0.1) is 0 Å². The minimum atomic E-state index is -0.0201. The van der Waals surface area contributed by atoms with Crippen LogP contribution in [-0.2, 0) is 12.8 Å². The van der Waals surface area contributed by atoms with E-state index in [4.69, 9.17) is 4.98 Å². The Bertz CT molecular complexity index is 975. The number of hydrogen-bond acceptors (Lipinski definition) is 3. The zero-order valence-corrected chi connectivity index (χ0v) is 17.0. The Kier molecular flexibility index (Phi) is 6.03. The van der Waals surface area contributed by atoms with Crippen LogP contribution in [0, 0.1) is 0 Å². The lowest BCUT2D eigenvalue weighted by molar-refractivity contribution is 0.0946. The third kappa shape index (κ3) is 4.56. The Morgan fingerprint density at radius 1 is 1.03 bits per heavy atom. The van der Waals surface area contributed by atoms with E-state index in [1.165, 1.54) is 37.7 Å². The first kappa shape index (κ1) is 19.4. The van der Waals surface area contributed by atoms with E-state index in [0.29, 0.717) is 12.4 Å². The molecule has 1 amide bonds. The number of hydrogen-bond donors (Lipinski definition) is 2. The van der Waals surface area contributed by atoms with E-state index < -0.39 is 0 Å². The number of rotatable bonds is 8. The summed E-state index contributed by atoms with van der Waals surface area (Å²) >= 11 is 0. The molecule has 1 aromatic carbocycles. The summed E-state index contributed by atoms with van der Waals surface area (Å²) in [5.41, 5.74) is 5.73. The van der Waals surface area contributed by atoms with Gasteiger partial charge in [0.25, 0.3) is 5.91 Å². The van der Waals surface area contributed by atoms with Crippen LogP contribution in [0.1, 0.15) is 60.6 Å². The molecule has 0 saturated carbocycles. The molecule has 3 heterocycles. The number of carbonyl (C=O) groups excluding carboxylic acids is 1. The fraction of sp³-hybridized carbons (Fsp3) is 0.375. The first-order chi connectivity index (χ1) is 14.2. The second-order valence-electron chi connectivity index (χ2n) is 7.71. The van der Waals surface area contributed by atoms with Crippen molar-refractivity contribution in [3.05, 3.63) is 59.4 Å². The molecule has 3 aromatic rings. The molecular formula is C24H28N4O. The highest BCUT2D eigenvalue weighted by Crippen LogP contribution is 2.24. The first-order valence-corrected chi connectivity index (χ1v) is 10.7. The lowest BCUT2D eigenvalue weighted by Gasteiger charge is -2.10. The molecule has 2 N–H and O–H groups in total. The second-order valence-corrected chi connectivity index (χ2v) is 7.71. The number of benzene rings is 1. The molecule has 1 aliphatic heterocycles. The maximum absolute atomic E-state index is 12.0. The van der Waals surface area contributed by atoms with Crippen LogP contribution in [0.3, 0.4) is 0 Å². The van der Waals surface area contributed by atoms with Crippen LogP contribution in [0.5, 0.6) is 0 Å². The highest BCUT2D eigenvalue weighted by molar-refractivity contribution is 5.97. The highest BCUT2D eigenvalue weighted by Gasteiger charge is 2.20. The number of H-pyrrole nitrogens is 1. The van der Waals surface area contributed by atoms with Gasteiger partial charge in [0.2, 0.25) is 0 Å². The molecular weight excluding hydrogens is 360 g/mol. The van der Waals surface area contributed by atoms with Crippen molar-refractivity contribution in [2.75, 3.05) is 6.54 Å². The van der Waals surface area contributed by atoms with Gasteiger partial charge in [-0.25, -0.2) is 9.97 Å². The number of unbranched alkanes of at least 4 members (excludes halogenated alkanes) is 4. The molecule has 0 radical (unpaired) electrons. The Morgan fingerprint density at radius 3 is 2.66 bits per heavy atom. The number of fused-ring (bicyclic) bond motifs is 1. The van der Waals surface area contributed by atoms with Crippen molar-refractivity contribution >= 4 is 5.91 Å². The fourth-order valence-electron chi connectivity index (χ4n) is 3.83. The summed E-state index contributed by atoms with van der Waals surface area (Å²) in [4.78, 5) is 24.6. The second kappa shape index (κ2) is 9.03. The number of carbonyl (C=O) groups is 1. The average molecular weight is 389 g/mol. The maximum Gasteiger partial charge on any atom is 0.253 e. The normalized spacial score (nSPS) is 13.2. The quantitative estimate of drug-likeness (QED) is 0.537. The van der Waals surface area contributed by atoms with Gasteiger partial charge in [-0.2, -0.15) is 0 Å². The van der Waals surface area contributed by atoms with Crippen LogP contribution in [0.2, 0.25) is 0 Å². The van der Waals surface area contributed by atoms with E-state index in [9.17, 15) is 4.79 Å². The number of amides is 1. The predicted molar refractivity (Wildman–Crippen MR) is 116 cm³/mol. The molecule has 2 aromatic heterocycles. The topological polar surface area (TPSA) is 70.7 Å². The Hall–Kier alpha value is -2.95. The van der Waals surface area contributed by atoms with E-state index in [1.807, 2.05) is 12.1 Å². The van der Waals surface area contributed by atoms with Crippen molar-refractivity contribution in [1.82, 2.24) is 20.3 Å². The molecule has 0 atom stereocenters. The molecule has 5 nitrogen and oxygen atoms in total. The van der Waals surface area contributed by atoms with Crippen molar-refractivity contribution in [3.8, 4) is 22.8 Å². The summed E-state index contributed by atoms with van der Waals surface area (Å²) < 4.78 is 0. The Balaban J connectivity index is 1.47. The summed E-state index contributed by atoms with van der Waals surface area (Å²) in [5, 5.41) is 2.88. The summed E-state index contributed by atoms with van der Waals surface area (Å²) in [6, 6.07) is 12.3. The highest BCUT2D eigenvalue weighted by atomic mass is 16.1. The number of aromatic nitrogens is 3. The van der Waals surface area contributed by atoms with Crippen molar-refractivity contribution in [3.63, 3.8) is 0 Å². The van der Waals surface area contributed by atoms with Crippen molar-refractivity contribution in [2.45, 2.75) is 51.9 Å². The monoisotopic (exact) mass is 388 g/mol. The van der Waals surface area contributed by atoms with Gasteiger partial charge in [-0.05, 0) is 30.5 Å². The van der Waals surface area contributed by atoms with Crippen LogP contribution in [0.25, 0.3) is 22.8 Å². The standard InChI is InChI=1S/C24H28N4O/c1-2-3-4-5-6-7-17-8-10-18(11-9-17)23-25-14-13-21(28-23)22-16-19-20(27-22)12-15-26-24(19)29/h8-11,13-14,16,27H,2-7,12,15H2,1H3,(H,26,29). The minimum absolute atomic E-state index is 0.0201. The molecule has 29 heavy (non-hydrogen) atoms. The van der Waals surface area contributed by atoms with E-state index in [1.54, 1.807) is 6.20 Å².